The number of benzene rings is 1. The first-order valence-corrected chi connectivity index (χ1v) is 11.6. The summed E-state index contributed by atoms with van der Waals surface area (Å²) in [6.45, 7) is 0.287. The number of guanidine groups is 1. The Morgan fingerprint density at radius 3 is 2.46 bits per heavy atom. The van der Waals surface area contributed by atoms with Crippen LogP contribution in [0.3, 0.4) is 0 Å². The molecule has 0 aromatic heterocycles. The van der Waals surface area contributed by atoms with Gasteiger partial charge < -0.3 is 32.9 Å². The number of phenols is 1. The largest absolute Gasteiger partial charge is 0.508 e. The molecule has 2 amide bonds. The molecule has 192 valence electrons. The molecule has 14 heteroatoms. The first kappa shape index (κ1) is 28.0. The van der Waals surface area contributed by atoms with E-state index in [4.69, 9.17) is 22.6 Å². The minimum atomic E-state index is -1.12. The molecule has 0 saturated carbocycles. The van der Waals surface area contributed by atoms with E-state index in [0.717, 1.165) is 0 Å². The second kappa shape index (κ2) is 13.0. The summed E-state index contributed by atoms with van der Waals surface area (Å²) in [4.78, 5) is 50.3. The van der Waals surface area contributed by atoms with Gasteiger partial charge in [-0.25, -0.2) is 10.4 Å². The Kier molecular flexibility index (Phi) is 10.4. The van der Waals surface area contributed by atoms with E-state index in [-0.39, 0.29) is 36.8 Å². The van der Waals surface area contributed by atoms with E-state index in [9.17, 15) is 24.3 Å². The molecule has 0 bridgehead atoms. The Bertz CT molecular complexity index is 944. The Hall–Kier alpha value is -3.20. The number of hydrazine groups is 1. The Morgan fingerprint density at radius 1 is 1.23 bits per heavy atom. The fourth-order valence-electron chi connectivity index (χ4n) is 3.59. The molecule has 0 unspecified atom stereocenters. The van der Waals surface area contributed by atoms with E-state index >= 15 is 0 Å². The first-order chi connectivity index (χ1) is 16.5. The summed E-state index contributed by atoms with van der Waals surface area (Å²) in [5.41, 5.74) is 20.0. The van der Waals surface area contributed by atoms with E-state index in [2.05, 4.69) is 28.7 Å². The fourth-order valence-corrected chi connectivity index (χ4v) is 3.76. The molecular weight excluding hydrogens is 476 g/mol. The van der Waals surface area contributed by atoms with Crippen LogP contribution < -0.4 is 33.3 Å². The smallest absolute Gasteiger partial charge is 0.241 e. The van der Waals surface area contributed by atoms with Crippen LogP contribution in [0.1, 0.15) is 18.4 Å². The monoisotopic (exact) mass is 508 g/mol. The zero-order chi connectivity index (χ0) is 26.1. The van der Waals surface area contributed by atoms with Crippen molar-refractivity contribution in [1.82, 2.24) is 21.1 Å². The predicted molar refractivity (Wildman–Crippen MR) is 131 cm³/mol. The third-order valence-corrected chi connectivity index (χ3v) is 5.87. The van der Waals surface area contributed by atoms with Gasteiger partial charge in [0.15, 0.2) is 5.96 Å². The van der Waals surface area contributed by atoms with Gasteiger partial charge in [0.1, 0.15) is 17.8 Å². The van der Waals surface area contributed by atoms with Crippen LogP contribution >= 0.6 is 12.6 Å². The third-order valence-electron chi connectivity index (χ3n) is 5.48. The maximum absolute atomic E-state index is 13.1. The highest BCUT2D eigenvalue weighted by Crippen LogP contribution is 2.16. The molecular formula is C21H32N8O5S. The van der Waals surface area contributed by atoms with Crippen molar-refractivity contribution in [2.24, 2.45) is 17.2 Å². The standard InChI is InChI=1S/C21H32N8O5S/c22-13(10-35)17(31)18(32)14(8-11-3-5-12(30)6-4-11)28-29-9-15(19(23)33)27-20(34)16(29)2-1-7-26-21(24)25/h3-6,13-16,28,30,35H,1-2,7-10,22H2,(H2,23,33)(H,27,34)(H4,24,25,26)/t13-,14-,15+,16-/m0/s1. The average Bonchev–Trinajstić information content (AvgIpc) is 2.81. The number of rotatable bonds is 13. The van der Waals surface area contributed by atoms with Crippen molar-refractivity contribution in [2.75, 3.05) is 18.8 Å². The van der Waals surface area contributed by atoms with E-state index in [1.54, 1.807) is 12.1 Å². The second-order valence-corrected chi connectivity index (χ2v) is 8.55. The number of carbonyl (C=O) groups is 4. The van der Waals surface area contributed by atoms with Gasteiger partial charge in [0.25, 0.3) is 0 Å². The summed E-state index contributed by atoms with van der Waals surface area (Å²) >= 11 is 3.99. The summed E-state index contributed by atoms with van der Waals surface area (Å²) in [6, 6.07) is 2.05. The number of aromatic hydroxyl groups is 1. The van der Waals surface area contributed by atoms with Crippen LogP contribution in [0.5, 0.6) is 5.75 Å². The lowest BCUT2D eigenvalue weighted by molar-refractivity contribution is -0.143. The number of amides is 2. The van der Waals surface area contributed by atoms with E-state index in [1.165, 1.54) is 17.1 Å². The minimum Gasteiger partial charge on any atom is -0.508 e. The van der Waals surface area contributed by atoms with Crippen molar-refractivity contribution in [2.45, 2.75) is 43.4 Å². The van der Waals surface area contributed by atoms with E-state index in [0.29, 0.717) is 18.5 Å². The number of nitrogens with two attached hydrogens (primary N) is 3. The quantitative estimate of drug-likeness (QED) is 0.0434. The van der Waals surface area contributed by atoms with Gasteiger partial charge in [0, 0.05) is 18.8 Å². The SMILES string of the molecule is N=C(N)NCCC[C@H]1C(=O)N[C@@H](C(N)=O)CN1N[C@@H](Cc1ccc(O)cc1)C(=O)C(=O)[C@@H](N)CS. The average molecular weight is 509 g/mol. The van der Waals surface area contributed by atoms with Gasteiger partial charge in [-0.3, -0.25) is 24.6 Å². The number of primary amides is 1. The van der Waals surface area contributed by atoms with Gasteiger partial charge in [-0.2, -0.15) is 12.6 Å². The zero-order valence-corrected chi connectivity index (χ0v) is 20.0. The lowest BCUT2D eigenvalue weighted by atomic mass is 9.97. The lowest BCUT2D eigenvalue weighted by Crippen LogP contribution is -2.69. The molecule has 1 aromatic carbocycles. The highest BCUT2D eigenvalue weighted by Gasteiger charge is 2.39. The predicted octanol–water partition coefficient (Wildman–Crippen LogP) is -2.88. The number of nitrogens with zero attached hydrogens (tertiary/aromatic N) is 1. The van der Waals surface area contributed by atoms with Gasteiger partial charge in [0.2, 0.25) is 23.4 Å². The summed E-state index contributed by atoms with van der Waals surface area (Å²) in [5.74, 6) is -3.07. The van der Waals surface area contributed by atoms with Crippen molar-refractivity contribution < 1.29 is 24.3 Å². The van der Waals surface area contributed by atoms with Crippen LogP contribution in [-0.4, -0.2) is 82.5 Å². The number of Topliss-reactive ketones (excluding diaryl/α,β-unsaturated/α-hetero) is 2. The number of nitrogens with one attached hydrogen (secondary N) is 4. The molecule has 4 atom stereocenters. The highest BCUT2D eigenvalue weighted by atomic mass is 32.1. The van der Waals surface area contributed by atoms with Crippen molar-refractivity contribution >= 4 is 42.0 Å². The lowest BCUT2D eigenvalue weighted by Gasteiger charge is -2.40. The van der Waals surface area contributed by atoms with Gasteiger partial charge in [0.05, 0.1) is 12.1 Å². The number of carbonyl (C=O) groups excluding carboxylic acids is 4. The van der Waals surface area contributed by atoms with Crippen molar-refractivity contribution in [3.05, 3.63) is 29.8 Å². The number of thiol groups is 1. The molecule has 1 fully saturated rings. The van der Waals surface area contributed by atoms with Crippen LogP contribution in [0.25, 0.3) is 0 Å². The minimum absolute atomic E-state index is 0.0296. The molecule has 1 aliphatic heterocycles. The van der Waals surface area contributed by atoms with Crippen LogP contribution in [-0.2, 0) is 25.6 Å². The molecule has 2 rings (SSSR count). The second-order valence-electron chi connectivity index (χ2n) is 8.18. The fraction of sp³-hybridized carbons (Fsp3) is 0.476. The normalized spacial score (nSPS) is 19.9. The molecule has 35 heavy (non-hydrogen) atoms. The molecule has 13 nitrogen and oxygen atoms in total. The Morgan fingerprint density at radius 2 is 1.89 bits per heavy atom. The molecule has 1 heterocycles. The first-order valence-electron chi connectivity index (χ1n) is 11.0. The number of piperazine rings is 1. The van der Waals surface area contributed by atoms with E-state index in [1.807, 2.05) is 0 Å². The van der Waals surface area contributed by atoms with Gasteiger partial charge in [-0.15, -0.1) is 0 Å². The van der Waals surface area contributed by atoms with Crippen LogP contribution in [0.2, 0.25) is 0 Å². The summed E-state index contributed by atoms with van der Waals surface area (Å²) in [5, 5.41) is 23.4. The topological polar surface area (TPSA) is 230 Å². The summed E-state index contributed by atoms with van der Waals surface area (Å²) in [6.07, 6.45) is 0.772. The van der Waals surface area contributed by atoms with Gasteiger partial charge >= 0.3 is 0 Å². The summed E-state index contributed by atoms with van der Waals surface area (Å²) in [7, 11) is 0. The molecule has 0 radical (unpaired) electrons. The number of hydrogen-bond donors (Lipinski definition) is 9. The zero-order valence-electron chi connectivity index (χ0n) is 19.1. The maximum atomic E-state index is 13.1. The molecule has 1 aromatic rings. The number of phenolic OH excluding ortho intramolecular Hbond substituents is 1. The van der Waals surface area contributed by atoms with Gasteiger partial charge in [-0.1, -0.05) is 12.1 Å². The van der Waals surface area contributed by atoms with Crippen LogP contribution in [0.15, 0.2) is 24.3 Å². The molecule has 1 aliphatic rings. The van der Waals surface area contributed by atoms with Crippen LogP contribution in [0.4, 0.5) is 0 Å². The highest BCUT2D eigenvalue weighted by molar-refractivity contribution is 7.80. The third kappa shape index (κ3) is 8.20. The number of hydrogen-bond acceptors (Lipinski definition) is 10. The Balaban J connectivity index is 2.29. The van der Waals surface area contributed by atoms with Crippen LogP contribution in [0, 0.1) is 5.41 Å². The number of ketones is 2. The molecule has 0 aliphatic carbocycles. The molecule has 1 saturated heterocycles. The Labute approximate surface area is 208 Å². The van der Waals surface area contributed by atoms with E-state index < -0.39 is 47.5 Å². The summed E-state index contributed by atoms with van der Waals surface area (Å²) < 4.78 is 0. The molecule has 0 spiro atoms. The molecule has 11 N–H and O–H groups in total. The maximum Gasteiger partial charge on any atom is 0.241 e. The van der Waals surface area contributed by atoms with Crippen molar-refractivity contribution in [3.8, 4) is 5.75 Å². The van der Waals surface area contributed by atoms with Gasteiger partial charge in [-0.05, 0) is 37.0 Å². The van der Waals surface area contributed by atoms with Crippen molar-refractivity contribution in [1.29, 1.82) is 5.41 Å². The van der Waals surface area contributed by atoms with Crippen molar-refractivity contribution in [3.63, 3.8) is 0 Å².